The molecule has 1 unspecified atom stereocenters. The van der Waals surface area contributed by atoms with Gasteiger partial charge in [-0.15, -0.1) is 0 Å². The first kappa shape index (κ1) is 14.5. The quantitative estimate of drug-likeness (QED) is 0.706. The Morgan fingerprint density at radius 3 is 2.21 bits per heavy atom. The van der Waals surface area contributed by atoms with Crippen LogP contribution < -0.4 is 5.32 Å². The second kappa shape index (κ2) is 6.04. The summed E-state index contributed by atoms with van der Waals surface area (Å²) in [6.45, 7) is 4.02. The Hall–Kier alpha value is -0.900. The molecule has 3 N–H and O–H groups in total. The van der Waals surface area contributed by atoms with Crippen molar-refractivity contribution in [1.82, 2.24) is 5.32 Å². The summed E-state index contributed by atoms with van der Waals surface area (Å²) in [6, 6.07) is 8.79. The smallest absolute Gasteiger partial charge is 0.0650 e. The van der Waals surface area contributed by atoms with Crippen LogP contribution in [0.3, 0.4) is 0 Å². The van der Waals surface area contributed by atoms with Crippen molar-refractivity contribution < 1.29 is 10.2 Å². The van der Waals surface area contributed by atoms with E-state index in [1.165, 1.54) is 24.0 Å². The highest BCUT2D eigenvalue weighted by atomic mass is 16.3. The van der Waals surface area contributed by atoms with Gasteiger partial charge in [-0.1, -0.05) is 36.8 Å². The number of hydrogen-bond donors (Lipinski definition) is 3. The van der Waals surface area contributed by atoms with Crippen molar-refractivity contribution in [2.24, 2.45) is 5.92 Å². The van der Waals surface area contributed by atoms with Gasteiger partial charge in [0.15, 0.2) is 0 Å². The van der Waals surface area contributed by atoms with Gasteiger partial charge >= 0.3 is 0 Å². The van der Waals surface area contributed by atoms with Gasteiger partial charge in [-0.2, -0.15) is 0 Å². The highest BCUT2D eigenvalue weighted by Gasteiger charge is 2.38. The minimum Gasteiger partial charge on any atom is -0.394 e. The fourth-order valence-corrected chi connectivity index (χ4v) is 2.47. The molecule has 3 nitrogen and oxygen atoms in total. The number of rotatable bonds is 7. The molecule has 0 heterocycles. The zero-order valence-electron chi connectivity index (χ0n) is 11.9. The van der Waals surface area contributed by atoms with Crippen molar-refractivity contribution in [2.75, 3.05) is 13.2 Å². The van der Waals surface area contributed by atoms with Gasteiger partial charge in [0.1, 0.15) is 0 Å². The normalized spacial score (nSPS) is 17.5. The SMILES string of the molecule is CCC(CO)(CO)NC(c1ccc(C)cc1)C1CC1. The van der Waals surface area contributed by atoms with Gasteiger partial charge in [-0.3, -0.25) is 0 Å². The molecule has 0 aliphatic heterocycles. The zero-order valence-corrected chi connectivity index (χ0v) is 11.9. The van der Waals surface area contributed by atoms with E-state index < -0.39 is 5.54 Å². The topological polar surface area (TPSA) is 52.5 Å². The zero-order chi connectivity index (χ0) is 13.9. The monoisotopic (exact) mass is 263 g/mol. The van der Waals surface area contributed by atoms with Crippen molar-refractivity contribution >= 4 is 0 Å². The molecule has 19 heavy (non-hydrogen) atoms. The summed E-state index contributed by atoms with van der Waals surface area (Å²) in [5.74, 6) is 0.631. The lowest BCUT2D eigenvalue weighted by atomic mass is 9.93. The van der Waals surface area contributed by atoms with Crippen LogP contribution in [-0.4, -0.2) is 29.0 Å². The predicted octanol–water partition coefficient (Wildman–Crippen LogP) is 2.17. The molecule has 106 valence electrons. The second-order valence-corrected chi connectivity index (χ2v) is 5.82. The maximum atomic E-state index is 9.60. The Bertz CT molecular complexity index is 385. The minimum atomic E-state index is -0.571. The van der Waals surface area contributed by atoms with E-state index in [0.29, 0.717) is 5.92 Å². The van der Waals surface area contributed by atoms with Crippen LogP contribution in [0, 0.1) is 12.8 Å². The van der Waals surface area contributed by atoms with Crippen LogP contribution in [0.15, 0.2) is 24.3 Å². The van der Waals surface area contributed by atoms with Crippen LogP contribution in [0.5, 0.6) is 0 Å². The minimum absolute atomic E-state index is 0.0327. The number of benzene rings is 1. The van der Waals surface area contributed by atoms with Crippen LogP contribution >= 0.6 is 0 Å². The van der Waals surface area contributed by atoms with E-state index in [4.69, 9.17) is 0 Å². The maximum Gasteiger partial charge on any atom is 0.0650 e. The van der Waals surface area contributed by atoms with Crippen LogP contribution in [0.4, 0.5) is 0 Å². The van der Waals surface area contributed by atoms with E-state index in [9.17, 15) is 10.2 Å². The van der Waals surface area contributed by atoms with E-state index in [-0.39, 0.29) is 19.3 Å². The van der Waals surface area contributed by atoms with Gasteiger partial charge in [0.2, 0.25) is 0 Å². The van der Waals surface area contributed by atoms with Crippen LogP contribution in [-0.2, 0) is 0 Å². The fourth-order valence-electron chi connectivity index (χ4n) is 2.47. The van der Waals surface area contributed by atoms with Crippen LogP contribution in [0.1, 0.15) is 43.4 Å². The molecular weight excluding hydrogens is 238 g/mol. The Kier molecular flexibility index (Phi) is 4.61. The number of aryl methyl sites for hydroxylation is 1. The summed E-state index contributed by atoms with van der Waals surface area (Å²) in [4.78, 5) is 0. The van der Waals surface area contributed by atoms with Crippen LogP contribution in [0.2, 0.25) is 0 Å². The summed E-state index contributed by atoms with van der Waals surface area (Å²) < 4.78 is 0. The molecule has 0 bridgehead atoms. The molecular formula is C16H25NO2. The number of aliphatic hydroxyl groups is 2. The summed E-state index contributed by atoms with van der Waals surface area (Å²) in [5, 5.41) is 22.7. The lowest BCUT2D eigenvalue weighted by Gasteiger charge is -2.35. The largest absolute Gasteiger partial charge is 0.394 e. The number of nitrogens with one attached hydrogen (secondary N) is 1. The third-order valence-electron chi connectivity index (χ3n) is 4.27. The Morgan fingerprint density at radius 2 is 1.79 bits per heavy atom. The van der Waals surface area contributed by atoms with Crippen LogP contribution in [0.25, 0.3) is 0 Å². The predicted molar refractivity (Wildman–Crippen MR) is 77.0 cm³/mol. The molecule has 0 amide bonds. The highest BCUT2D eigenvalue weighted by molar-refractivity contribution is 5.26. The summed E-state index contributed by atoms with van der Waals surface area (Å²) in [5.41, 5.74) is 1.94. The summed E-state index contributed by atoms with van der Waals surface area (Å²) >= 11 is 0. The van der Waals surface area contributed by atoms with Gasteiger partial charge in [0, 0.05) is 6.04 Å². The fraction of sp³-hybridized carbons (Fsp3) is 0.625. The standard InChI is InChI=1S/C16H25NO2/c1-3-16(10-18,11-19)17-15(14-8-9-14)13-6-4-12(2)5-7-13/h4-7,14-15,17-19H,3,8-11H2,1-2H3. The van der Waals surface area contributed by atoms with Gasteiger partial charge in [0.25, 0.3) is 0 Å². The molecule has 0 radical (unpaired) electrons. The molecule has 3 heteroatoms. The average Bonchev–Trinajstić information content (AvgIpc) is 3.27. The van der Waals surface area contributed by atoms with E-state index >= 15 is 0 Å². The second-order valence-electron chi connectivity index (χ2n) is 5.82. The lowest BCUT2D eigenvalue weighted by molar-refractivity contribution is 0.0746. The van der Waals surface area contributed by atoms with Crippen molar-refractivity contribution in [3.63, 3.8) is 0 Å². The summed E-state index contributed by atoms with van der Waals surface area (Å²) in [6.07, 6.45) is 3.17. The van der Waals surface area contributed by atoms with Crippen molar-refractivity contribution in [2.45, 2.75) is 44.7 Å². The Balaban J connectivity index is 2.18. The summed E-state index contributed by atoms with van der Waals surface area (Å²) in [7, 11) is 0. The third-order valence-corrected chi connectivity index (χ3v) is 4.27. The molecule has 1 aromatic carbocycles. The van der Waals surface area contributed by atoms with E-state index in [1.54, 1.807) is 0 Å². The molecule has 1 saturated carbocycles. The third kappa shape index (κ3) is 3.35. The van der Waals surface area contributed by atoms with Crippen molar-refractivity contribution in [1.29, 1.82) is 0 Å². The van der Waals surface area contributed by atoms with Crippen molar-refractivity contribution in [3.8, 4) is 0 Å². The molecule has 1 aliphatic rings. The number of aliphatic hydroxyl groups excluding tert-OH is 2. The molecule has 0 aromatic heterocycles. The molecule has 1 fully saturated rings. The molecule has 1 aliphatic carbocycles. The first-order valence-corrected chi connectivity index (χ1v) is 7.20. The maximum absolute atomic E-state index is 9.60. The molecule has 1 atom stereocenters. The van der Waals surface area contributed by atoms with E-state index in [1.807, 2.05) is 6.92 Å². The van der Waals surface area contributed by atoms with Gasteiger partial charge in [-0.25, -0.2) is 0 Å². The molecule has 1 aromatic rings. The Labute approximate surface area is 115 Å². The Morgan fingerprint density at radius 1 is 1.21 bits per heavy atom. The molecule has 0 saturated heterocycles. The molecule has 0 spiro atoms. The van der Waals surface area contributed by atoms with Gasteiger partial charge < -0.3 is 15.5 Å². The van der Waals surface area contributed by atoms with Gasteiger partial charge in [-0.05, 0) is 37.7 Å². The molecule has 2 rings (SSSR count). The van der Waals surface area contributed by atoms with Gasteiger partial charge in [0.05, 0.1) is 18.8 Å². The first-order valence-electron chi connectivity index (χ1n) is 7.20. The first-order chi connectivity index (χ1) is 9.14. The van der Waals surface area contributed by atoms with Crippen molar-refractivity contribution in [3.05, 3.63) is 35.4 Å². The lowest BCUT2D eigenvalue weighted by Crippen LogP contribution is -2.53. The average molecular weight is 263 g/mol. The van der Waals surface area contributed by atoms with E-state index in [0.717, 1.165) is 6.42 Å². The van der Waals surface area contributed by atoms with E-state index in [2.05, 4.69) is 36.5 Å². The highest BCUT2D eigenvalue weighted by Crippen LogP contribution is 2.42. The number of hydrogen-bond acceptors (Lipinski definition) is 3.